The summed E-state index contributed by atoms with van der Waals surface area (Å²) >= 11 is 0. The number of carbonyl (C=O) groups is 1. The van der Waals surface area contributed by atoms with Crippen LogP contribution in [0.25, 0.3) is 0 Å². The Morgan fingerprint density at radius 2 is 2.11 bits per heavy atom. The lowest BCUT2D eigenvalue weighted by molar-refractivity contribution is -0.115. The molecule has 2 atom stereocenters. The maximum Gasteiger partial charge on any atom is 0.224 e. The van der Waals surface area contributed by atoms with E-state index in [1.165, 1.54) is 0 Å². The molecule has 0 bridgehead atoms. The van der Waals surface area contributed by atoms with Crippen molar-refractivity contribution in [2.45, 2.75) is 45.8 Å². The summed E-state index contributed by atoms with van der Waals surface area (Å²) in [6.07, 6.45) is 0.992. The second-order valence-electron chi connectivity index (χ2n) is 5.75. The van der Waals surface area contributed by atoms with Crippen molar-refractivity contribution in [2.75, 3.05) is 10.6 Å². The Kier molecular flexibility index (Phi) is 3.80. The standard InChI is InChI=1S/C15H22N2O2/c1-4-14(19)17-11-7-5-6-10(8-11)16-12-9-13(18)15(12,2)3/h5-8,12-13,16,18H,4,9H2,1-3H3,(H,17,19). The minimum absolute atomic E-state index is 0.0107. The maximum atomic E-state index is 11.4. The van der Waals surface area contributed by atoms with Crippen molar-refractivity contribution in [3.8, 4) is 0 Å². The fourth-order valence-electron chi connectivity index (χ4n) is 2.28. The van der Waals surface area contributed by atoms with Crippen LogP contribution in [0, 0.1) is 5.41 Å². The molecule has 4 nitrogen and oxygen atoms in total. The number of benzene rings is 1. The molecule has 0 aliphatic heterocycles. The van der Waals surface area contributed by atoms with Gasteiger partial charge >= 0.3 is 0 Å². The molecule has 1 amide bonds. The molecule has 0 saturated heterocycles. The largest absolute Gasteiger partial charge is 0.392 e. The first-order valence-corrected chi connectivity index (χ1v) is 6.78. The number of anilines is 2. The molecule has 0 radical (unpaired) electrons. The highest BCUT2D eigenvalue weighted by Gasteiger charge is 2.47. The molecule has 1 aliphatic rings. The van der Waals surface area contributed by atoms with Crippen LogP contribution >= 0.6 is 0 Å². The molecule has 19 heavy (non-hydrogen) atoms. The van der Waals surface area contributed by atoms with Gasteiger partial charge in [-0.15, -0.1) is 0 Å². The number of carbonyl (C=O) groups excluding carboxylic acids is 1. The lowest BCUT2D eigenvalue weighted by Gasteiger charge is -2.49. The van der Waals surface area contributed by atoms with Crippen molar-refractivity contribution in [2.24, 2.45) is 5.41 Å². The van der Waals surface area contributed by atoms with Crippen molar-refractivity contribution in [1.29, 1.82) is 0 Å². The number of nitrogens with one attached hydrogen (secondary N) is 2. The zero-order valence-electron chi connectivity index (χ0n) is 11.7. The van der Waals surface area contributed by atoms with Gasteiger partial charge in [0.15, 0.2) is 0 Å². The van der Waals surface area contributed by atoms with Crippen molar-refractivity contribution < 1.29 is 9.90 Å². The van der Waals surface area contributed by atoms with E-state index in [0.29, 0.717) is 6.42 Å². The Bertz CT molecular complexity index is 471. The highest BCUT2D eigenvalue weighted by atomic mass is 16.3. The predicted molar refractivity (Wildman–Crippen MR) is 77.2 cm³/mol. The monoisotopic (exact) mass is 262 g/mol. The Labute approximate surface area is 114 Å². The Morgan fingerprint density at radius 1 is 1.42 bits per heavy atom. The molecule has 0 spiro atoms. The summed E-state index contributed by atoms with van der Waals surface area (Å²) in [4.78, 5) is 11.4. The third-order valence-electron chi connectivity index (χ3n) is 4.02. The van der Waals surface area contributed by atoms with Gasteiger partial charge in [-0.25, -0.2) is 0 Å². The van der Waals surface area contributed by atoms with Gasteiger partial charge in [0, 0.05) is 29.3 Å². The molecule has 0 heterocycles. The van der Waals surface area contributed by atoms with Gasteiger partial charge in [0.2, 0.25) is 5.91 Å². The summed E-state index contributed by atoms with van der Waals surface area (Å²) in [7, 11) is 0. The molecule has 1 aromatic rings. The smallest absolute Gasteiger partial charge is 0.224 e. The minimum Gasteiger partial charge on any atom is -0.392 e. The number of hydrogen-bond acceptors (Lipinski definition) is 3. The van der Waals surface area contributed by atoms with Crippen molar-refractivity contribution >= 4 is 17.3 Å². The fourth-order valence-corrected chi connectivity index (χ4v) is 2.28. The minimum atomic E-state index is -0.243. The predicted octanol–water partition coefficient (Wildman–Crippen LogP) is 2.61. The summed E-state index contributed by atoms with van der Waals surface area (Å²) in [6.45, 7) is 5.94. The van der Waals surface area contributed by atoms with Crippen LogP contribution in [0.5, 0.6) is 0 Å². The van der Waals surface area contributed by atoms with Crippen molar-refractivity contribution in [3.63, 3.8) is 0 Å². The van der Waals surface area contributed by atoms with Crippen LogP contribution in [0.4, 0.5) is 11.4 Å². The molecular weight excluding hydrogens is 240 g/mol. The Hall–Kier alpha value is -1.55. The van der Waals surface area contributed by atoms with E-state index in [2.05, 4.69) is 24.5 Å². The number of amides is 1. The van der Waals surface area contributed by atoms with E-state index in [4.69, 9.17) is 0 Å². The molecule has 3 N–H and O–H groups in total. The van der Waals surface area contributed by atoms with Crippen LogP contribution < -0.4 is 10.6 Å². The van der Waals surface area contributed by atoms with Crippen LogP contribution in [0.15, 0.2) is 24.3 Å². The zero-order valence-corrected chi connectivity index (χ0v) is 11.7. The highest BCUT2D eigenvalue weighted by molar-refractivity contribution is 5.90. The van der Waals surface area contributed by atoms with Gasteiger partial charge in [-0.2, -0.15) is 0 Å². The highest BCUT2D eigenvalue weighted by Crippen LogP contribution is 2.42. The maximum absolute atomic E-state index is 11.4. The average molecular weight is 262 g/mol. The molecular formula is C15H22N2O2. The van der Waals surface area contributed by atoms with E-state index in [-0.39, 0.29) is 23.5 Å². The van der Waals surface area contributed by atoms with Crippen LogP contribution in [-0.4, -0.2) is 23.2 Å². The third-order valence-corrected chi connectivity index (χ3v) is 4.02. The molecule has 1 fully saturated rings. The second kappa shape index (κ2) is 5.21. The average Bonchev–Trinajstić information content (AvgIpc) is 2.38. The Morgan fingerprint density at radius 3 is 2.68 bits per heavy atom. The molecule has 2 rings (SSSR count). The summed E-state index contributed by atoms with van der Waals surface area (Å²) in [5, 5.41) is 16.0. The molecule has 0 aromatic heterocycles. The van der Waals surface area contributed by atoms with E-state index in [1.807, 2.05) is 31.2 Å². The number of aliphatic hydroxyl groups is 1. The molecule has 1 saturated carbocycles. The normalized spacial score (nSPS) is 24.4. The molecule has 104 valence electrons. The first kappa shape index (κ1) is 13.9. The number of aliphatic hydroxyl groups excluding tert-OH is 1. The topological polar surface area (TPSA) is 61.4 Å². The van der Waals surface area contributed by atoms with Gasteiger partial charge in [-0.1, -0.05) is 26.8 Å². The van der Waals surface area contributed by atoms with E-state index in [0.717, 1.165) is 17.8 Å². The zero-order chi connectivity index (χ0) is 14.0. The summed E-state index contributed by atoms with van der Waals surface area (Å²) < 4.78 is 0. The summed E-state index contributed by atoms with van der Waals surface area (Å²) in [6, 6.07) is 7.95. The molecule has 2 unspecified atom stereocenters. The SMILES string of the molecule is CCC(=O)Nc1cccc(NC2CC(O)C2(C)C)c1. The van der Waals surface area contributed by atoms with Crippen LogP contribution in [0.2, 0.25) is 0 Å². The molecule has 4 heteroatoms. The van der Waals surface area contributed by atoms with Gasteiger partial charge in [0.25, 0.3) is 0 Å². The lowest BCUT2D eigenvalue weighted by atomic mass is 9.64. The first-order valence-electron chi connectivity index (χ1n) is 6.78. The van der Waals surface area contributed by atoms with Crippen molar-refractivity contribution in [3.05, 3.63) is 24.3 Å². The second-order valence-corrected chi connectivity index (χ2v) is 5.75. The van der Waals surface area contributed by atoms with Crippen LogP contribution in [-0.2, 0) is 4.79 Å². The van der Waals surface area contributed by atoms with Gasteiger partial charge in [0.05, 0.1) is 6.10 Å². The van der Waals surface area contributed by atoms with Gasteiger partial charge in [-0.05, 0) is 24.6 Å². The lowest BCUT2D eigenvalue weighted by Crippen LogP contribution is -2.56. The number of rotatable bonds is 4. The molecule has 1 aliphatic carbocycles. The third kappa shape index (κ3) is 2.89. The fraction of sp³-hybridized carbons (Fsp3) is 0.533. The van der Waals surface area contributed by atoms with Crippen LogP contribution in [0.3, 0.4) is 0 Å². The van der Waals surface area contributed by atoms with Crippen LogP contribution in [0.1, 0.15) is 33.6 Å². The van der Waals surface area contributed by atoms with Crippen molar-refractivity contribution in [1.82, 2.24) is 0 Å². The van der Waals surface area contributed by atoms with Gasteiger partial charge < -0.3 is 15.7 Å². The molecule has 1 aromatic carbocycles. The summed E-state index contributed by atoms with van der Waals surface area (Å²) in [5.41, 5.74) is 1.66. The Balaban J connectivity index is 2.02. The van der Waals surface area contributed by atoms with Gasteiger partial charge in [0.1, 0.15) is 0 Å². The van der Waals surface area contributed by atoms with E-state index in [9.17, 15) is 9.90 Å². The first-order chi connectivity index (χ1) is 8.93. The number of hydrogen-bond donors (Lipinski definition) is 3. The van der Waals surface area contributed by atoms with E-state index < -0.39 is 0 Å². The van der Waals surface area contributed by atoms with E-state index >= 15 is 0 Å². The summed E-state index contributed by atoms with van der Waals surface area (Å²) in [5.74, 6) is 0.0107. The van der Waals surface area contributed by atoms with E-state index in [1.54, 1.807) is 0 Å². The quantitative estimate of drug-likeness (QED) is 0.781. The van der Waals surface area contributed by atoms with Gasteiger partial charge in [-0.3, -0.25) is 4.79 Å².